The molecule has 0 aliphatic carbocycles. The van der Waals surface area contributed by atoms with Gasteiger partial charge in [0.2, 0.25) is 5.91 Å². The van der Waals surface area contributed by atoms with E-state index in [2.05, 4.69) is 5.32 Å². The first-order chi connectivity index (χ1) is 12.4. The van der Waals surface area contributed by atoms with Gasteiger partial charge in [-0.25, -0.2) is 13.2 Å². The number of esters is 1. The standard InChI is InChI=1S/C16H18N2O5S3/c1-2-23-16(20)11-7-10-25-15(11)17-14(19)12-5-3-8-18(12)26(21,22)13-6-4-9-24-13/h4,6-7,9-10,12H,2-3,5,8H2,1H3,(H,17,19)/t12-/m0/s1. The fraction of sp³-hybridized carbons (Fsp3) is 0.375. The van der Waals surface area contributed by atoms with Gasteiger partial charge in [-0.3, -0.25) is 4.79 Å². The number of carbonyl (C=O) groups excluding carboxylic acids is 2. The predicted octanol–water partition coefficient (Wildman–Crippen LogP) is 2.78. The number of nitrogens with one attached hydrogen (secondary N) is 1. The van der Waals surface area contributed by atoms with Crippen molar-refractivity contribution in [2.45, 2.75) is 30.0 Å². The number of hydrogen-bond donors (Lipinski definition) is 1. The van der Waals surface area contributed by atoms with Crippen LogP contribution in [0.15, 0.2) is 33.2 Å². The molecule has 3 heterocycles. The lowest BCUT2D eigenvalue weighted by Gasteiger charge is -2.22. The van der Waals surface area contributed by atoms with E-state index in [0.29, 0.717) is 24.4 Å². The molecule has 140 valence electrons. The van der Waals surface area contributed by atoms with Crippen molar-refractivity contribution < 1.29 is 22.7 Å². The van der Waals surface area contributed by atoms with Crippen molar-refractivity contribution in [2.24, 2.45) is 0 Å². The first-order valence-corrected chi connectivity index (χ1v) is 11.3. The van der Waals surface area contributed by atoms with Crippen molar-refractivity contribution in [1.29, 1.82) is 0 Å². The van der Waals surface area contributed by atoms with Crippen LogP contribution in [0.5, 0.6) is 0 Å². The molecule has 0 radical (unpaired) electrons. The molecular formula is C16H18N2O5S3. The summed E-state index contributed by atoms with van der Waals surface area (Å²) in [6.45, 7) is 2.24. The second kappa shape index (κ2) is 7.87. The van der Waals surface area contributed by atoms with Crippen molar-refractivity contribution in [3.63, 3.8) is 0 Å². The topological polar surface area (TPSA) is 92.8 Å². The predicted molar refractivity (Wildman–Crippen MR) is 100 cm³/mol. The molecule has 7 nitrogen and oxygen atoms in total. The van der Waals surface area contributed by atoms with Crippen LogP contribution in [0.2, 0.25) is 0 Å². The molecule has 0 bridgehead atoms. The summed E-state index contributed by atoms with van der Waals surface area (Å²) >= 11 is 2.33. The number of rotatable bonds is 6. The Morgan fingerprint density at radius 1 is 1.31 bits per heavy atom. The molecule has 10 heteroatoms. The Bertz CT molecular complexity index is 889. The quantitative estimate of drug-likeness (QED) is 0.734. The molecule has 1 N–H and O–H groups in total. The zero-order chi connectivity index (χ0) is 18.7. The number of carbonyl (C=O) groups is 2. The van der Waals surface area contributed by atoms with Gasteiger partial charge >= 0.3 is 5.97 Å². The summed E-state index contributed by atoms with van der Waals surface area (Å²) in [5.41, 5.74) is 0.274. The van der Waals surface area contributed by atoms with Crippen molar-refractivity contribution in [3.05, 3.63) is 34.5 Å². The first-order valence-electron chi connectivity index (χ1n) is 8.06. The third-order valence-corrected chi connectivity index (χ3v) is 8.07. The van der Waals surface area contributed by atoms with Gasteiger partial charge in [-0.1, -0.05) is 6.07 Å². The summed E-state index contributed by atoms with van der Waals surface area (Å²) in [6, 6.07) is 3.98. The summed E-state index contributed by atoms with van der Waals surface area (Å²) in [7, 11) is -3.70. The molecule has 0 saturated carbocycles. The van der Waals surface area contributed by atoms with Gasteiger partial charge in [-0.2, -0.15) is 4.31 Å². The van der Waals surface area contributed by atoms with Crippen LogP contribution in [0.25, 0.3) is 0 Å². The Hall–Kier alpha value is -1.75. The number of sulfonamides is 1. The largest absolute Gasteiger partial charge is 0.462 e. The second-order valence-electron chi connectivity index (χ2n) is 5.58. The van der Waals surface area contributed by atoms with Gasteiger partial charge in [0.25, 0.3) is 10.0 Å². The molecule has 0 unspecified atom stereocenters. The molecule has 0 spiro atoms. The molecule has 2 aromatic rings. The van der Waals surface area contributed by atoms with Crippen LogP contribution in [-0.2, 0) is 19.6 Å². The molecule has 1 aliphatic heterocycles. The minimum atomic E-state index is -3.70. The molecule has 2 aromatic heterocycles. The third-order valence-electron chi connectivity index (χ3n) is 3.96. The van der Waals surface area contributed by atoms with Crippen molar-refractivity contribution >= 4 is 49.6 Å². The van der Waals surface area contributed by atoms with Gasteiger partial charge in [0.1, 0.15) is 15.3 Å². The molecule has 1 fully saturated rings. The summed E-state index contributed by atoms with van der Waals surface area (Å²) in [6.07, 6.45) is 1.05. The van der Waals surface area contributed by atoms with Crippen LogP contribution in [-0.4, -0.2) is 43.8 Å². The average Bonchev–Trinajstić information content (AvgIpc) is 3.35. The molecule has 1 aliphatic rings. The van der Waals surface area contributed by atoms with Crippen molar-refractivity contribution in [3.8, 4) is 0 Å². The average molecular weight is 415 g/mol. The molecule has 1 amide bonds. The number of nitrogens with zero attached hydrogens (tertiary/aromatic N) is 1. The first kappa shape index (κ1) is 19.0. The van der Waals surface area contributed by atoms with Gasteiger partial charge < -0.3 is 10.1 Å². The van der Waals surface area contributed by atoms with Gasteiger partial charge in [0.15, 0.2) is 0 Å². The number of anilines is 1. The highest BCUT2D eigenvalue weighted by Crippen LogP contribution is 2.30. The lowest BCUT2D eigenvalue weighted by atomic mass is 10.2. The number of amides is 1. The molecule has 26 heavy (non-hydrogen) atoms. The zero-order valence-electron chi connectivity index (χ0n) is 14.0. The highest BCUT2D eigenvalue weighted by atomic mass is 32.2. The molecule has 1 saturated heterocycles. The molecular weight excluding hydrogens is 396 g/mol. The normalized spacial score (nSPS) is 18.0. The van der Waals surface area contributed by atoms with E-state index < -0.39 is 27.9 Å². The van der Waals surface area contributed by atoms with Gasteiger partial charge in [0.05, 0.1) is 12.2 Å². The van der Waals surface area contributed by atoms with E-state index in [0.717, 1.165) is 11.3 Å². The van der Waals surface area contributed by atoms with E-state index in [9.17, 15) is 18.0 Å². The smallest absolute Gasteiger partial charge is 0.341 e. The van der Waals surface area contributed by atoms with Gasteiger partial charge in [-0.05, 0) is 42.7 Å². The highest BCUT2D eigenvalue weighted by molar-refractivity contribution is 7.91. The van der Waals surface area contributed by atoms with Crippen LogP contribution in [0.4, 0.5) is 5.00 Å². The van der Waals surface area contributed by atoms with E-state index in [1.807, 2.05) is 0 Å². The second-order valence-corrected chi connectivity index (χ2v) is 9.56. The van der Waals surface area contributed by atoms with Crippen LogP contribution in [0.1, 0.15) is 30.1 Å². The van der Waals surface area contributed by atoms with Gasteiger partial charge in [-0.15, -0.1) is 22.7 Å². The highest BCUT2D eigenvalue weighted by Gasteiger charge is 2.40. The lowest BCUT2D eigenvalue weighted by Crippen LogP contribution is -2.42. The molecule has 3 rings (SSSR count). The van der Waals surface area contributed by atoms with Crippen LogP contribution >= 0.6 is 22.7 Å². The minimum Gasteiger partial charge on any atom is -0.462 e. The maximum absolute atomic E-state index is 12.8. The Morgan fingerprint density at radius 2 is 2.12 bits per heavy atom. The Labute approximate surface area is 159 Å². The van der Waals surface area contributed by atoms with Crippen molar-refractivity contribution in [1.82, 2.24) is 4.31 Å². The summed E-state index contributed by atoms with van der Waals surface area (Å²) in [4.78, 5) is 24.6. The summed E-state index contributed by atoms with van der Waals surface area (Å²) in [5.74, 6) is -0.950. The molecule has 1 atom stereocenters. The minimum absolute atomic E-state index is 0.223. The Balaban J connectivity index is 1.78. The number of thiophene rings is 2. The van der Waals surface area contributed by atoms with E-state index in [-0.39, 0.29) is 16.4 Å². The third kappa shape index (κ3) is 3.68. The van der Waals surface area contributed by atoms with E-state index in [4.69, 9.17) is 4.74 Å². The van der Waals surface area contributed by atoms with E-state index in [1.54, 1.807) is 29.8 Å². The monoisotopic (exact) mass is 414 g/mol. The lowest BCUT2D eigenvalue weighted by molar-refractivity contribution is -0.119. The maximum Gasteiger partial charge on any atom is 0.341 e. The van der Waals surface area contributed by atoms with Crippen LogP contribution in [0, 0.1) is 0 Å². The SMILES string of the molecule is CCOC(=O)c1ccsc1NC(=O)[C@@H]1CCCN1S(=O)(=O)c1cccs1. The van der Waals surface area contributed by atoms with Crippen LogP contribution in [0.3, 0.4) is 0 Å². The van der Waals surface area contributed by atoms with Gasteiger partial charge in [0, 0.05) is 6.54 Å². The summed E-state index contributed by atoms with van der Waals surface area (Å²) < 4.78 is 32.0. The van der Waals surface area contributed by atoms with Crippen LogP contribution < -0.4 is 5.32 Å². The fourth-order valence-corrected chi connectivity index (χ4v) is 6.34. The number of ether oxygens (including phenoxy) is 1. The van der Waals surface area contributed by atoms with E-state index in [1.165, 1.54) is 21.7 Å². The van der Waals surface area contributed by atoms with Crippen molar-refractivity contribution in [2.75, 3.05) is 18.5 Å². The zero-order valence-corrected chi connectivity index (χ0v) is 16.5. The Morgan fingerprint density at radius 3 is 2.81 bits per heavy atom. The molecule has 0 aromatic carbocycles. The Kier molecular flexibility index (Phi) is 5.76. The fourth-order valence-electron chi connectivity index (χ4n) is 2.79. The maximum atomic E-state index is 12.8. The van der Waals surface area contributed by atoms with E-state index >= 15 is 0 Å². The number of hydrogen-bond acceptors (Lipinski definition) is 7. The summed E-state index contributed by atoms with van der Waals surface area (Å²) in [5, 5.41) is 6.43.